The van der Waals surface area contributed by atoms with Crippen LogP contribution in [0.1, 0.15) is 31.9 Å². The van der Waals surface area contributed by atoms with Crippen LogP contribution >= 0.6 is 0 Å². The van der Waals surface area contributed by atoms with Gasteiger partial charge in [0, 0.05) is 11.7 Å². The number of anilines is 1. The molecule has 0 saturated heterocycles. The normalized spacial score (nSPS) is 13.5. The Bertz CT molecular complexity index is 535. The van der Waals surface area contributed by atoms with E-state index in [4.69, 9.17) is 0 Å². The van der Waals surface area contributed by atoms with Crippen LogP contribution in [0.2, 0.25) is 0 Å². The first-order valence-corrected chi connectivity index (χ1v) is 8.17. The lowest BCUT2D eigenvalue weighted by Gasteiger charge is -2.19. The zero-order valence-corrected chi connectivity index (χ0v) is 15.1. The average molecular weight is 320 g/mol. The summed E-state index contributed by atoms with van der Waals surface area (Å²) < 4.78 is 0. The average Bonchev–Trinajstić information content (AvgIpc) is 2.42. The van der Waals surface area contributed by atoms with Crippen molar-refractivity contribution >= 4 is 17.5 Å². The Balaban J connectivity index is 2.49. The molecule has 23 heavy (non-hydrogen) atoms. The Labute approximate surface area is 139 Å². The molecule has 2 atom stereocenters. The molecule has 0 aliphatic heterocycles. The molecule has 0 radical (unpaired) electrons. The number of para-hydroxylation sites is 1. The second-order valence-corrected chi connectivity index (χ2v) is 6.73. The zero-order valence-electron chi connectivity index (χ0n) is 15.1. The number of hydrogen-bond acceptors (Lipinski definition) is 2. The van der Waals surface area contributed by atoms with Gasteiger partial charge in [-0.3, -0.25) is 9.59 Å². The first kappa shape index (κ1) is 19.2. The van der Waals surface area contributed by atoms with Gasteiger partial charge in [-0.25, -0.2) is 0 Å². The predicted octanol–water partition coefficient (Wildman–Crippen LogP) is 0.917. The van der Waals surface area contributed by atoms with Crippen molar-refractivity contribution < 1.29 is 14.5 Å². The van der Waals surface area contributed by atoms with Crippen molar-refractivity contribution in [3.05, 3.63) is 29.3 Å². The molecule has 2 amide bonds. The zero-order chi connectivity index (χ0) is 17.6. The summed E-state index contributed by atoms with van der Waals surface area (Å²) in [5.74, 6) is 0.291. The summed E-state index contributed by atoms with van der Waals surface area (Å²) in [6.45, 7) is 10.6. The number of aryl methyl sites for hydroxylation is 2. The van der Waals surface area contributed by atoms with Gasteiger partial charge in [-0.15, -0.1) is 0 Å². The highest BCUT2D eigenvalue weighted by Crippen LogP contribution is 2.18. The molecule has 5 nitrogen and oxygen atoms in total. The van der Waals surface area contributed by atoms with Crippen LogP contribution in [0.5, 0.6) is 0 Å². The van der Waals surface area contributed by atoms with Gasteiger partial charge in [0.25, 0.3) is 11.8 Å². The van der Waals surface area contributed by atoms with Crippen molar-refractivity contribution in [1.29, 1.82) is 0 Å². The monoisotopic (exact) mass is 320 g/mol. The minimum absolute atomic E-state index is 0.0245. The van der Waals surface area contributed by atoms with Gasteiger partial charge in [0.2, 0.25) is 0 Å². The fraction of sp³-hybridized carbons (Fsp3) is 0.556. The van der Waals surface area contributed by atoms with Crippen LogP contribution in [0, 0.1) is 19.8 Å². The van der Waals surface area contributed by atoms with Crippen molar-refractivity contribution in [2.24, 2.45) is 5.92 Å². The molecule has 5 heteroatoms. The molecule has 1 rings (SSSR count). The van der Waals surface area contributed by atoms with Crippen LogP contribution < -0.4 is 15.5 Å². The van der Waals surface area contributed by atoms with E-state index in [1.807, 2.05) is 46.0 Å². The van der Waals surface area contributed by atoms with Crippen molar-refractivity contribution in [2.45, 2.75) is 40.7 Å². The van der Waals surface area contributed by atoms with Crippen molar-refractivity contribution in [3.63, 3.8) is 0 Å². The quantitative estimate of drug-likeness (QED) is 0.699. The number of rotatable bonds is 7. The van der Waals surface area contributed by atoms with E-state index in [0.29, 0.717) is 5.92 Å². The van der Waals surface area contributed by atoms with Crippen LogP contribution in [0.3, 0.4) is 0 Å². The summed E-state index contributed by atoms with van der Waals surface area (Å²) in [5, 5.41) is 5.91. The molecule has 0 saturated carbocycles. The molecular weight excluding hydrogens is 290 g/mol. The summed E-state index contributed by atoms with van der Waals surface area (Å²) in [4.78, 5) is 25.0. The smallest absolute Gasteiger partial charge is 0.279 e. The third-order valence-electron chi connectivity index (χ3n) is 4.06. The van der Waals surface area contributed by atoms with Crippen molar-refractivity contribution in [1.82, 2.24) is 5.32 Å². The van der Waals surface area contributed by atoms with E-state index in [9.17, 15) is 9.59 Å². The SMILES string of the molecule is Cc1cccc(C)c1NC(=O)C[NH+](C)CC(=O)N[C@H](C)C(C)C. The van der Waals surface area contributed by atoms with E-state index >= 15 is 0 Å². The maximum atomic E-state index is 12.2. The molecule has 128 valence electrons. The molecule has 0 aromatic heterocycles. The molecule has 0 aliphatic rings. The molecule has 1 aromatic carbocycles. The summed E-state index contributed by atoms with van der Waals surface area (Å²) in [7, 11) is 1.85. The van der Waals surface area contributed by atoms with Gasteiger partial charge >= 0.3 is 0 Å². The Morgan fingerprint density at radius 1 is 1.04 bits per heavy atom. The lowest BCUT2D eigenvalue weighted by molar-refractivity contribution is -0.862. The van der Waals surface area contributed by atoms with Crippen molar-refractivity contribution in [3.8, 4) is 0 Å². The third kappa shape index (κ3) is 6.40. The molecule has 3 N–H and O–H groups in total. The second kappa shape index (κ2) is 8.67. The van der Waals surface area contributed by atoms with E-state index in [1.54, 1.807) is 0 Å². The minimum atomic E-state index is -0.0791. The lowest BCUT2D eigenvalue weighted by Crippen LogP contribution is -3.11. The second-order valence-electron chi connectivity index (χ2n) is 6.73. The number of likely N-dealkylation sites (N-methyl/N-ethyl adjacent to an activating group) is 1. The van der Waals surface area contributed by atoms with E-state index in [0.717, 1.165) is 21.7 Å². The van der Waals surface area contributed by atoms with Crippen LogP contribution in [0.25, 0.3) is 0 Å². The number of hydrogen-bond donors (Lipinski definition) is 3. The van der Waals surface area contributed by atoms with Gasteiger partial charge < -0.3 is 15.5 Å². The minimum Gasteiger partial charge on any atom is -0.348 e. The van der Waals surface area contributed by atoms with E-state index in [-0.39, 0.29) is 30.9 Å². The van der Waals surface area contributed by atoms with Crippen LogP contribution in [0.4, 0.5) is 5.69 Å². The Kier molecular flexibility index (Phi) is 7.23. The van der Waals surface area contributed by atoms with E-state index in [2.05, 4.69) is 24.5 Å². The number of quaternary nitrogens is 1. The molecule has 0 heterocycles. The highest BCUT2D eigenvalue weighted by atomic mass is 16.2. The maximum absolute atomic E-state index is 12.2. The number of nitrogens with one attached hydrogen (secondary N) is 3. The Morgan fingerprint density at radius 3 is 2.09 bits per heavy atom. The summed E-state index contributed by atoms with van der Waals surface area (Å²) in [6, 6.07) is 6.05. The lowest BCUT2D eigenvalue weighted by atomic mass is 10.1. The topological polar surface area (TPSA) is 62.6 Å². The number of amides is 2. The fourth-order valence-corrected chi connectivity index (χ4v) is 2.28. The van der Waals surface area contributed by atoms with Gasteiger partial charge in [0.15, 0.2) is 13.1 Å². The Hall–Kier alpha value is -1.88. The molecule has 0 fully saturated rings. The Morgan fingerprint density at radius 2 is 1.57 bits per heavy atom. The van der Waals surface area contributed by atoms with Gasteiger partial charge in [-0.05, 0) is 37.8 Å². The predicted molar refractivity (Wildman–Crippen MR) is 93.6 cm³/mol. The highest BCUT2D eigenvalue weighted by molar-refractivity contribution is 5.93. The van der Waals surface area contributed by atoms with Gasteiger partial charge in [0.05, 0.1) is 7.05 Å². The molecule has 0 spiro atoms. The summed E-state index contributed by atoms with van der Waals surface area (Å²) >= 11 is 0. The number of benzene rings is 1. The van der Waals surface area contributed by atoms with Crippen LogP contribution in [-0.4, -0.2) is 38.0 Å². The maximum Gasteiger partial charge on any atom is 0.279 e. The summed E-state index contributed by atoms with van der Waals surface area (Å²) in [5.41, 5.74) is 2.95. The number of carbonyl (C=O) groups is 2. The molecule has 0 aliphatic carbocycles. The largest absolute Gasteiger partial charge is 0.348 e. The highest BCUT2D eigenvalue weighted by Gasteiger charge is 2.17. The number of carbonyl (C=O) groups excluding carboxylic acids is 2. The van der Waals surface area contributed by atoms with Gasteiger partial charge in [-0.1, -0.05) is 32.0 Å². The standard InChI is InChI=1S/C18H29N3O2/c1-12(2)15(5)19-16(22)10-21(6)11-17(23)20-18-13(3)8-7-9-14(18)4/h7-9,12,15H,10-11H2,1-6H3,(H,19,22)(H,20,23)/p+1/t15-/m1/s1. The molecule has 1 unspecified atom stereocenters. The van der Waals surface area contributed by atoms with E-state index in [1.165, 1.54) is 0 Å². The first-order chi connectivity index (χ1) is 10.7. The van der Waals surface area contributed by atoms with Crippen LogP contribution in [0.15, 0.2) is 18.2 Å². The van der Waals surface area contributed by atoms with Gasteiger partial charge in [0.1, 0.15) is 0 Å². The fourth-order valence-electron chi connectivity index (χ4n) is 2.28. The first-order valence-electron chi connectivity index (χ1n) is 8.17. The molecular formula is C18H30N3O2+. The van der Waals surface area contributed by atoms with Crippen molar-refractivity contribution in [2.75, 3.05) is 25.5 Å². The third-order valence-corrected chi connectivity index (χ3v) is 4.06. The van der Waals surface area contributed by atoms with E-state index < -0.39 is 0 Å². The summed E-state index contributed by atoms with van der Waals surface area (Å²) in [6.07, 6.45) is 0. The molecule has 0 bridgehead atoms. The van der Waals surface area contributed by atoms with Crippen LogP contribution in [-0.2, 0) is 9.59 Å². The van der Waals surface area contributed by atoms with Gasteiger partial charge in [-0.2, -0.15) is 0 Å². The molecule has 1 aromatic rings.